The number of amides is 2. The van der Waals surface area contributed by atoms with Gasteiger partial charge in [-0.1, -0.05) is 12.1 Å². The van der Waals surface area contributed by atoms with Crippen molar-refractivity contribution in [1.82, 2.24) is 30.0 Å². The molecule has 0 N–H and O–H groups in total. The van der Waals surface area contributed by atoms with Crippen LogP contribution in [0.3, 0.4) is 0 Å². The zero-order chi connectivity index (χ0) is 19.5. The van der Waals surface area contributed by atoms with E-state index in [4.69, 9.17) is 0 Å². The molecule has 2 amide bonds. The molecule has 2 aliphatic rings. The van der Waals surface area contributed by atoms with Crippen molar-refractivity contribution in [2.24, 2.45) is 5.92 Å². The summed E-state index contributed by atoms with van der Waals surface area (Å²) in [5, 5.41) is 11.5. The van der Waals surface area contributed by atoms with Crippen LogP contribution in [0.2, 0.25) is 0 Å². The van der Waals surface area contributed by atoms with E-state index in [2.05, 4.69) is 15.5 Å². The molecule has 8 heteroatoms. The second-order valence-corrected chi connectivity index (χ2v) is 7.67. The molecule has 2 aromatic rings. The third kappa shape index (κ3) is 3.90. The van der Waals surface area contributed by atoms with Crippen molar-refractivity contribution < 1.29 is 9.59 Å². The average Bonchev–Trinajstić information content (AvgIpc) is 3.40. The van der Waals surface area contributed by atoms with Crippen molar-refractivity contribution in [1.29, 1.82) is 0 Å². The van der Waals surface area contributed by atoms with Crippen LogP contribution in [-0.2, 0) is 16.0 Å². The van der Waals surface area contributed by atoms with Crippen molar-refractivity contribution in [2.75, 3.05) is 26.2 Å². The van der Waals surface area contributed by atoms with Gasteiger partial charge in [0.05, 0.1) is 12.1 Å². The second kappa shape index (κ2) is 8.08. The number of nitrogens with zero attached hydrogens (tertiary/aromatic N) is 6. The number of tetrazole rings is 1. The van der Waals surface area contributed by atoms with E-state index in [1.807, 2.05) is 41.0 Å². The van der Waals surface area contributed by atoms with Gasteiger partial charge in [-0.3, -0.25) is 9.59 Å². The minimum absolute atomic E-state index is 0.0842. The summed E-state index contributed by atoms with van der Waals surface area (Å²) < 4.78 is 1.66. The molecule has 2 saturated heterocycles. The van der Waals surface area contributed by atoms with E-state index >= 15 is 0 Å². The van der Waals surface area contributed by atoms with E-state index in [0.29, 0.717) is 19.5 Å². The summed E-state index contributed by atoms with van der Waals surface area (Å²) in [5.74, 6) is 1.22. The first kappa shape index (κ1) is 18.6. The molecule has 1 aromatic carbocycles. The molecule has 0 radical (unpaired) electrons. The highest BCUT2D eigenvalue weighted by atomic mass is 16.2. The Kier molecular flexibility index (Phi) is 5.36. The van der Waals surface area contributed by atoms with E-state index in [1.165, 1.54) is 0 Å². The maximum Gasteiger partial charge on any atom is 0.226 e. The first-order valence-corrected chi connectivity index (χ1v) is 10.0. The summed E-state index contributed by atoms with van der Waals surface area (Å²) in [7, 11) is 0. The number of piperidine rings is 1. The van der Waals surface area contributed by atoms with Crippen molar-refractivity contribution >= 4 is 11.8 Å². The molecular weight excluding hydrogens is 356 g/mol. The van der Waals surface area contributed by atoms with Gasteiger partial charge >= 0.3 is 0 Å². The van der Waals surface area contributed by atoms with Crippen LogP contribution in [0.4, 0.5) is 0 Å². The van der Waals surface area contributed by atoms with Gasteiger partial charge in [-0.05, 0) is 60.7 Å². The SMILES string of the molecule is Cc1nnnn1-c1ccc(CC(=O)N2CCC(C(=O)N3CCCC3)CC2)cc1. The summed E-state index contributed by atoms with van der Waals surface area (Å²) in [6, 6.07) is 7.73. The Hall–Kier alpha value is -2.77. The summed E-state index contributed by atoms with van der Waals surface area (Å²) in [5.41, 5.74) is 1.84. The first-order valence-electron chi connectivity index (χ1n) is 10.0. The molecule has 2 aliphatic heterocycles. The number of carbonyl (C=O) groups is 2. The Morgan fingerprint density at radius 1 is 1.00 bits per heavy atom. The number of aromatic nitrogens is 4. The molecule has 3 heterocycles. The number of aryl methyl sites for hydroxylation is 1. The monoisotopic (exact) mass is 382 g/mol. The van der Waals surface area contributed by atoms with Crippen molar-refractivity contribution in [3.8, 4) is 5.69 Å². The van der Waals surface area contributed by atoms with E-state index in [1.54, 1.807) is 4.68 Å². The molecule has 4 rings (SSSR count). The molecular formula is C20H26N6O2. The zero-order valence-corrected chi connectivity index (χ0v) is 16.3. The van der Waals surface area contributed by atoms with Gasteiger partial charge in [0, 0.05) is 32.1 Å². The Morgan fingerprint density at radius 2 is 1.68 bits per heavy atom. The molecule has 2 fully saturated rings. The lowest BCUT2D eigenvalue weighted by Crippen LogP contribution is -2.44. The number of hydrogen-bond donors (Lipinski definition) is 0. The molecule has 0 aliphatic carbocycles. The first-order chi connectivity index (χ1) is 13.6. The van der Waals surface area contributed by atoms with Crippen molar-refractivity contribution in [3.63, 3.8) is 0 Å². The fourth-order valence-corrected chi connectivity index (χ4v) is 4.08. The number of hydrogen-bond acceptors (Lipinski definition) is 5. The van der Waals surface area contributed by atoms with Crippen molar-refractivity contribution in [3.05, 3.63) is 35.7 Å². The lowest BCUT2D eigenvalue weighted by Gasteiger charge is -2.33. The predicted molar refractivity (Wildman–Crippen MR) is 103 cm³/mol. The van der Waals surface area contributed by atoms with Crippen LogP contribution >= 0.6 is 0 Å². The van der Waals surface area contributed by atoms with Crippen LogP contribution < -0.4 is 0 Å². The van der Waals surface area contributed by atoms with Crippen LogP contribution in [0.25, 0.3) is 5.69 Å². The molecule has 0 atom stereocenters. The fourth-order valence-electron chi connectivity index (χ4n) is 4.08. The maximum atomic E-state index is 12.7. The molecule has 0 spiro atoms. The lowest BCUT2D eigenvalue weighted by molar-refractivity contribution is -0.139. The summed E-state index contributed by atoms with van der Waals surface area (Å²) in [6.45, 7) is 4.99. The molecule has 148 valence electrons. The van der Waals surface area contributed by atoms with E-state index < -0.39 is 0 Å². The Bertz CT molecular complexity index is 833. The van der Waals surface area contributed by atoms with Gasteiger partial charge < -0.3 is 9.80 Å². The van der Waals surface area contributed by atoms with Crippen LogP contribution in [-0.4, -0.2) is 68.0 Å². The van der Waals surface area contributed by atoms with Gasteiger partial charge in [0.1, 0.15) is 0 Å². The number of carbonyl (C=O) groups excluding carboxylic acids is 2. The third-order valence-electron chi connectivity index (χ3n) is 5.78. The largest absolute Gasteiger partial charge is 0.342 e. The van der Waals surface area contributed by atoms with Crippen LogP contribution in [0.5, 0.6) is 0 Å². The highest BCUT2D eigenvalue weighted by Crippen LogP contribution is 2.22. The molecule has 0 saturated carbocycles. The summed E-state index contributed by atoms with van der Waals surface area (Å²) in [6.07, 6.45) is 4.17. The molecule has 8 nitrogen and oxygen atoms in total. The topological polar surface area (TPSA) is 84.2 Å². The van der Waals surface area contributed by atoms with Crippen LogP contribution in [0.15, 0.2) is 24.3 Å². The highest BCUT2D eigenvalue weighted by Gasteiger charge is 2.31. The second-order valence-electron chi connectivity index (χ2n) is 7.67. The predicted octanol–water partition coefficient (Wildman–Crippen LogP) is 1.37. The van der Waals surface area contributed by atoms with Crippen LogP contribution in [0.1, 0.15) is 37.1 Å². The minimum atomic E-state index is 0.0842. The molecule has 1 aromatic heterocycles. The maximum absolute atomic E-state index is 12.7. The van der Waals surface area contributed by atoms with Crippen molar-refractivity contribution in [2.45, 2.75) is 39.0 Å². The minimum Gasteiger partial charge on any atom is -0.342 e. The van der Waals surface area contributed by atoms with E-state index in [9.17, 15) is 9.59 Å². The smallest absolute Gasteiger partial charge is 0.226 e. The number of rotatable bonds is 4. The normalized spacial score (nSPS) is 17.9. The average molecular weight is 382 g/mol. The quantitative estimate of drug-likeness (QED) is 0.798. The Labute approximate surface area is 164 Å². The molecule has 0 bridgehead atoms. The summed E-state index contributed by atoms with van der Waals surface area (Å²) in [4.78, 5) is 29.1. The Balaban J connectivity index is 1.30. The van der Waals surface area contributed by atoms with E-state index in [0.717, 1.165) is 55.8 Å². The highest BCUT2D eigenvalue weighted by molar-refractivity contribution is 5.81. The third-order valence-corrected chi connectivity index (χ3v) is 5.78. The fraction of sp³-hybridized carbons (Fsp3) is 0.550. The van der Waals surface area contributed by atoms with Gasteiger partial charge in [-0.2, -0.15) is 4.68 Å². The number of benzene rings is 1. The van der Waals surface area contributed by atoms with Gasteiger partial charge in [-0.15, -0.1) is 5.10 Å². The standard InChI is InChI=1S/C20H26N6O2/c1-15-21-22-23-26(15)18-6-4-16(5-7-18)14-19(27)24-12-8-17(9-13-24)20(28)25-10-2-3-11-25/h4-7,17H,2-3,8-14H2,1H3. The Morgan fingerprint density at radius 3 is 2.29 bits per heavy atom. The van der Waals surface area contributed by atoms with Gasteiger partial charge in [0.25, 0.3) is 0 Å². The van der Waals surface area contributed by atoms with Gasteiger partial charge in [0.2, 0.25) is 11.8 Å². The molecule has 0 unspecified atom stereocenters. The van der Waals surface area contributed by atoms with Gasteiger partial charge in [-0.25, -0.2) is 0 Å². The molecule has 28 heavy (non-hydrogen) atoms. The lowest BCUT2D eigenvalue weighted by atomic mass is 9.95. The van der Waals surface area contributed by atoms with E-state index in [-0.39, 0.29) is 17.7 Å². The zero-order valence-electron chi connectivity index (χ0n) is 16.3. The summed E-state index contributed by atoms with van der Waals surface area (Å²) >= 11 is 0. The van der Waals surface area contributed by atoms with Crippen LogP contribution in [0, 0.1) is 12.8 Å². The van der Waals surface area contributed by atoms with Gasteiger partial charge in [0.15, 0.2) is 5.82 Å². The number of likely N-dealkylation sites (tertiary alicyclic amines) is 2.